The van der Waals surface area contributed by atoms with Gasteiger partial charge in [0.15, 0.2) is 9.84 Å². The van der Waals surface area contributed by atoms with Gasteiger partial charge in [0, 0.05) is 19.1 Å². The third-order valence-corrected chi connectivity index (χ3v) is 8.11. The number of benzene rings is 1. The van der Waals surface area contributed by atoms with Crippen LogP contribution in [0.25, 0.3) is 11.0 Å². The van der Waals surface area contributed by atoms with E-state index in [0.717, 1.165) is 24.5 Å². The average molecular weight is 479 g/mol. The van der Waals surface area contributed by atoms with E-state index in [1.54, 1.807) is 6.21 Å². The first kappa shape index (κ1) is 22.0. The zero-order valence-corrected chi connectivity index (χ0v) is 18.5. The Morgan fingerprint density at radius 3 is 2.73 bits per heavy atom. The first-order valence-electron chi connectivity index (χ1n) is 10.7. The average Bonchev–Trinajstić information content (AvgIpc) is 3.23. The number of aryl methyl sites for hydroxylation is 1. The fraction of sp³-hybridized carbons (Fsp3) is 0.409. The highest BCUT2D eigenvalue weighted by Gasteiger charge is 2.37. The van der Waals surface area contributed by atoms with Gasteiger partial charge in [0.1, 0.15) is 11.1 Å². The van der Waals surface area contributed by atoms with Gasteiger partial charge in [-0.15, -0.1) is 4.99 Å². The lowest BCUT2D eigenvalue weighted by molar-refractivity contribution is -0.365. The monoisotopic (exact) mass is 478 g/mol. The molecule has 1 aliphatic heterocycles. The molecule has 5 rings (SSSR count). The lowest BCUT2D eigenvalue weighted by Crippen LogP contribution is -2.50. The number of H-pyrrole nitrogens is 2. The Hall–Kier alpha value is -2.79. The van der Waals surface area contributed by atoms with Crippen LogP contribution in [0.3, 0.4) is 0 Å². The second kappa shape index (κ2) is 8.21. The third-order valence-electron chi connectivity index (χ3n) is 6.50. The Kier molecular flexibility index (Phi) is 5.48. The van der Waals surface area contributed by atoms with Crippen LogP contribution in [0.5, 0.6) is 0 Å². The number of aromatic nitrogens is 3. The summed E-state index contributed by atoms with van der Waals surface area (Å²) in [5.74, 6) is 0.442. The number of fused-ring (bicyclic) bond motifs is 2. The van der Waals surface area contributed by atoms with Crippen molar-refractivity contribution in [2.75, 3.05) is 24.6 Å². The molecular formula is C22H23F3N5O2S+. The summed E-state index contributed by atoms with van der Waals surface area (Å²) in [6.07, 6.45) is 0.312. The molecule has 33 heavy (non-hydrogen) atoms. The number of nitrogens with zero attached hydrogens (tertiary/aromatic N) is 3. The number of halogens is 3. The summed E-state index contributed by atoms with van der Waals surface area (Å²) in [5.41, 5.74) is 1.55. The van der Waals surface area contributed by atoms with E-state index < -0.39 is 21.7 Å². The van der Waals surface area contributed by atoms with E-state index in [2.05, 4.69) is 30.9 Å². The molecule has 1 fully saturated rings. The Labute approximate surface area is 188 Å². The molecule has 1 unspecified atom stereocenters. The van der Waals surface area contributed by atoms with Crippen molar-refractivity contribution in [3.8, 4) is 0 Å². The molecule has 0 amide bonds. The molecule has 11 heteroatoms. The summed E-state index contributed by atoms with van der Waals surface area (Å²) < 4.78 is 63.3. The van der Waals surface area contributed by atoms with Gasteiger partial charge in [0.2, 0.25) is 12.0 Å². The summed E-state index contributed by atoms with van der Waals surface area (Å²) in [5, 5.41) is 0.255. The van der Waals surface area contributed by atoms with Crippen LogP contribution in [0.4, 0.5) is 19.0 Å². The Bertz CT molecular complexity index is 1310. The summed E-state index contributed by atoms with van der Waals surface area (Å²) in [6.45, 7) is 0.940. The highest BCUT2D eigenvalue weighted by molar-refractivity contribution is 7.91. The smallest absolute Gasteiger partial charge is 0.322 e. The highest BCUT2D eigenvalue weighted by Crippen LogP contribution is 2.36. The van der Waals surface area contributed by atoms with Crippen LogP contribution in [0.15, 0.2) is 41.7 Å². The predicted molar refractivity (Wildman–Crippen MR) is 117 cm³/mol. The van der Waals surface area contributed by atoms with E-state index in [1.807, 2.05) is 18.2 Å². The van der Waals surface area contributed by atoms with Crippen LogP contribution in [-0.2, 0) is 22.4 Å². The maximum atomic E-state index is 13.2. The minimum atomic E-state index is -4.51. The lowest BCUT2D eigenvalue weighted by Gasteiger charge is -2.40. The van der Waals surface area contributed by atoms with Gasteiger partial charge in [-0.2, -0.15) is 13.2 Å². The number of nitrogens with one attached hydrogen (secondary N) is 2. The Balaban J connectivity index is 1.51. The number of sulfone groups is 1. The molecule has 7 nitrogen and oxygen atoms in total. The van der Waals surface area contributed by atoms with Crippen LogP contribution in [0, 0.1) is 0 Å². The second-order valence-electron chi connectivity index (χ2n) is 8.49. The van der Waals surface area contributed by atoms with Crippen molar-refractivity contribution in [1.82, 2.24) is 14.9 Å². The second-order valence-corrected chi connectivity index (χ2v) is 10.8. The Morgan fingerprint density at radius 1 is 1.21 bits per heavy atom. The van der Waals surface area contributed by atoms with E-state index in [4.69, 9.17) is 0 Å². The Morgan fingerprint density at radius 2 is 1.97 bits per heavy atom. The molecule has 1 saturated heterocycles. The van der Waals surface area contributed by atoms with Gasteiger partial charge in [-0.3, -0.25) is 4.90 Å². The van der Waals surface area contributed by atoms with Gasteiger partial charge >= 0.3 is 6.18 Å². The fourth-order valence-electron chi connectivity index (χ4n) is 4.80. The minimum Gasteiger partial charge on any atom is -0.322 e. The normalized spacial score (nSPS) is 23.7. The van der Waals surface area contributed by atoms with Crippen LogP contribution >= 0.6 is 0 Å². The molecule has 0 radical (unpaired) electrons. The van der Waals surface area contributed by atoms with E-state index in [1.165, 1.54) is 11.9 Å². The van der Waals surface area contributed by atoms with Crippen molar-refractivity contribution in [2.24, 2.45) is 4.99 Å². The van der Waals surface area contributed by atoms with Gasteiger partial charge in [-0.05, 0) is 30.0 Å². The van der Waals surface area contributed by atoms with E-state index >= 15 is 0 Å². The van der Waals surface area contributed by atoms with E-state index in [-0.39, 0.29) is 40.3 Å². The molecule has 0 spiro atoms. The number of hydrogen-bond acceptors (Lipinski definition) is 5. The quantitative estimate of drug-likeness (QED) is 0.586. The predicted octanol–water partition coefficient (Wildman–Crippen LogP) is 2.93. The number of alkyl halides is 3. The first-order chi connectivity index (χ1) is 15.7. The van der Waals surface area contributed by atoms with Crippen molar-refractivity contribution in [3.63, 3.8) is 0 Å². The molecule has 2 aliphatic rings. The molecule has 3 aromatic rings. The summed E-state index contributed by atoms with van der Waals surface area (Å²) in [6, 6.07) is 9.14. The minimum absolute atomic E-state index is 0.0634. The van der Waals surface area contributed by atoms with Gasteiger partial charge in [0.05, 0.1) is 23.6 Å². The standard InChI is InChI=1S/C22H22F3N5O2S/c23-22(24,25)19-11-16-20(27-13-28-21(16)29-19)26-12-17-15-4-2-1-3-14(15)5-6-18(17)30-7-9-33(31,32)10-8-30/h1-4,11-13,17-18H,5-10H2,(H,27,28,29)/p+1/b26-12-/t17?,18-/m0/s1. The molecule has 2 N–H and O–H groups in total. The molecular weight excluding hydrogens is 455 g/mol. The van der Waals surface area contributed by atoms with Crippen LogP contribution in [0.1, 0.15) is 29.2 Å². The molecule has 2 atom stereocenters. The van der Waals surface area contributed by atoms with Gasteiger partial charge in [0.25, 0.3) is 5.82 Å². The molecule has 2 aromatic heterocycles. The molecule has 1 aromatic carbocycles. The number of rotatable bonds is 3. The number of hydrogen-bond donors (Lipinski definition) is 1. The summed E-state index contributed by atoms with van der Waals surface area (Å²) in [7, 11) is -3.00. The van der Waals surface area contributed by atoms with Crippen LogP contribution in [-0.4, -0.2) is 60.1 Å². The lowest BCUT2D eigenvalue weighted by atomic mass is 9.79. The maximum absolute atomic E-state index is 13.2. The largest absolute Gasteiger partial charge is 0.431 e. The van der Waals surface area contributed by atoms with Crippen molar-refractivity contribution in [1.29, 1.82) is 0 Å². The van der Waals surface area contributed by atoms with Gasteiger partial charge in [-0.25, -0.2) is 13.4 Å². The third kappa shape index (κ3) is 4.39. The fourth-order valence-corrected chi connectivity index (χ4v) is 6.03. The maximum Gasteiger partial charge on any atom is 0.431 e. The summed E-state index contributed by atoms with van der Waals surface area (Å²) >= 11 is 0. The van der Waals surface area contributed by atoms with E-state index in [0.29, 0.717) is 13.1 Å². The van der Waals surface area contributed by atoms with Crippen LogP contribution < -0.4 is 4.98 Å². The molecule has 0 saturated carbocycles. The SMILES string of the molecule is O=S1(=O)CCN([C@H]2CCc3ccccc3C2/C=N\c2[nH+]cnc3[nH]c(C(F)(F)F)cc23)CC1. The number of aliphatic imine (C=N–C) groups is 1. The number of aromatic amines is 2. The first-order valence-corrected chi connectivity index (χ1v) is 12.6. The summed E-state index contributed by atoms with van der Waals surface area (Å²) in [4.78, 5) is 15.9. The van der Waals surface area contributed by atoms with E-state index in [9.17, 15) is 21.6 Å². The topological polar surface area (TPSA) is 92.6 Å². The molecule has 1 aliphatic carbocycles. The molecule has 0 bridgehead atoms. The zero-order valence-electron chi connectivity index (χ0n) is 17.6. The highest BCUT2D eigenvalue weighted by atomic mass is 32.2. The zero-order chi connectivity index (χ0) is 23.2. The molecule has 174 valence electrons. The van der Waals surface area contributed by atoms with Crippen molar-refractivity contribution >= 4 is 32.9 Å². The van der Waals surface area contributed by atoms with Crippen molar-refractivity contribution < 1.29 is 26.6 Å². The molecule has 3 heterocycles. The van der Waals surface area contributed by atoms with Crippen LogP contribution in [0.2, 0.25) is 0 Å². The van der Waals surface area contributed by atoms with Crippen molar-refractivity contribution in [3.05, 3.63) is 53.5 Å². The van der Waals surface area contributed by atoms with Gasteiger partial charge in [-0.1, -0.05) is 29.2 Å². The van der Waals surface area contributed by atoms with Gasteiger partial charge < -0.3 is 4.98 Å². The van der Waals surface area contributed by atoms with Crippen molar-refractivity contribution in [2.45, 2.75) is 31.0 Å².